The molecule has 26 heavy (non-hydrogen) atoms. The van der Waals surface area contributed by atoms with E-state index in [0.717, 1.165) is 31.9 Å². The summed E-state index contributed by atoms with van der Waals surface area (Å²) in [6.45, 7) is 7.18. The van der Waals surface area contributed by atoms with Crippen LogP contribution in [0.25, 0.3) is 10.8 Å². The average Bonchev–Trinajstić information content (AvgIpc) is 2.66. The molecule has 1 aliphatic rings. The molecule has 140 valence electrons. The van der Waals surface area contributed by atoms with Gasteiger partial charge in [0.2, 0.25) is 0 Å². The van der Waals surface area contributed by atoms with Gasteiger partial charge in [-0.3, -0.25) is 0 Å². The summed E-state index contributed by atoms with van der Waals surface area (Å²) < 4.78 is 6.15. The molecule has 0 heterocycles. The first-order chi connectivity index (χ1) is 12.7. The van der Waals surface area contributed by atoms with Crippen LogP contribution in [0.15, 0.2) is 48.0 Å². The SMILES string of the molecule is CC(C)CCOc1ccc2ccccc2c1CNCCC1=CCCCC1. The van der Waals surface area contributed by atoms with E-state index in [-0.39, 0.29) is 0 Å². The van der Waals surface area contributed by atoms with Crippen molar-refractivity contribution in [1.82, 2.24) is 5.32 Å². The van der Waals surface area contributed by atoms with Crippen LogP contribution in [-0.2, 0) is 6.54 Å². The van der Waals surface area contributed by atoms with Crippen LogP contribution in [-0.4, -0.2) is 13.2 Å². The van der Waals surface area contributed by atoms with Crippen LogP contribution in [0, 0.1) is 5.92 Å². The van der Waals surface area contributed by atoms with E-state index in [1.54, 1.807) is 5.57 Å². The Morgan fingerprint density at radius 1 is 1.08 bits per heavy atom. The van der Waals surface area contributed by atoms with Gasteiger partial charge in [-0.25, -0.2) is 0 Å². The van der Waals surface area contributed by atoms with E-state index >= 15 is 0 Å². The molecule has 0 fully saturated rings. The molecule has 1 aliphatic carbocycles. The van der Waals surface area contributed by atoms with E-state index in [1.165, 1.54) is 48.4 Å². The second kappa shape index (κ2) is 9.78. The standard InChI is InChI=1S/C24H33NO/c1-19(2)15-17-26-24-13-12-21-10-6-7-11-22(21)23(24)18-25-16-14-20-8-4-3-5-9-20/h6-8,10-13,19,25H,3-5,9,14-18H2,1-2H3. The lowest BCUT2D eigenvalue weighted by molar-refractivity contribution is 0.287. The predicted octanol–water partition coefficient (Wildman–Crippen LogP) is 6.24. The van der Waals surface area contributed by atoms with Crippen molar-refractivity contribution in [1.29, 1.82) is 0 Å². The number of rotatable bonds is 9. The van der Waals surface area contributed by atoms with Gasteiger partial charge in [-0.05, 0) is 67.8 Å². The summed E-state index contributed by atoms with van der Waals surface area (Å²) in [7, 11) is 0. The second-order valence-corrected chi connectivity index (χ2v) is 7.83. The zero-order valence-corrected chi connectivity index (χ0v) is 16.4. The number of allylic oxidation sites excluding steroid dienone is 1. The van der Waals surface area contributed by atoms with Crippen LogP contribution >= 0.6 is 0 Å². The van der Waals surface area contributed by atoms with Gasteiger partial charge >= 0.3 is 0 Å². The number of ether oxygens (including phenoxy) is 1. The lowest BCUT2D eigenvalue weighted by atomic mass is 9.97. The molecule has 1 N–H and O–H groups in total. The third-order valence-corrected chi connectivity index (χ3v) is 5.26. The molecule has 3 rings (SSSR count). The van der Waals surface area contributed by atoms with E-state index in [4.69, 9.17) is 4.74 Å². The highest BCUT2D eigenvalue weighted by Crippen LogP contribution is 2.28. The van der Waals surface area contributed by atoms with Gasteiger partial charge in [-0.15, -0.1) is 0 Å². The topological polar surface area (TPSA) is 21.3 Å². The summed E-state index contributed by atoms with van der Waals surface area (Å²) in [5, 5.41) is 6.25. The highest BCUT2D eigenvalue weighted by molar-refractivity contribution is 5.87. The molecule has 0 bridgehead atoms. The fraction of sp³-hybridized carbons (Fsp3) is 0.500. The molecular weight excluding hydrogens is 318 g/mol. The number of hydrogen-bond acceptors (Lipinski definition) is 2. The molecule has 2 heteroatoms. The Kier molecular flexibility index (Phi) is 7.13. The van der Waals surface area contributed by atoms with Crippen molar-refractivity contribution < 1.29 is 4.74 Å². The molecule has 0 unspecified atom stereocenters. The monoisotopic (exact) mass is 351 g/mol. The Labute approximate surface area is 158 Å². The Morgan fingerprint density at radius 2 is 1.96 bits per heavy atom. The van der Waals surface area contributed by atoms with Crippen LogP contribution in [0.5, 0.6) is 5.75 Å². The summed E-state index contributed by atoms with van der Waals surface area (Å²) in [6.07, 6.45) is 10.0. The lowest BCUT2D eigenvalue weighted by Gasteiger charge is -2.17. The van der Waals surface area contributed by atoms with Gasteiger partial charge in [0.1, 0.15) is 5.75 Å². The summed E-state index contributed by atoms with van der Waals surface area (Å²) in [6, 6.07) is 12.9. The van der Waals surface area contributed by atoms with Crippen molar-refractivity contribution >= 4 is 10.8 Å². The quantitative estimate of drug-likeness (QED) is 0.426. The molecule has 0 spiro atoms. The maximum atomic E-state index is 6.15. The zero-order chi connectivity index (χ0) is 18.2. The fourth-order valence-corrected chi connectivity index (χ4v) is 3.63. The molecule has 0 saturated carbocycles. The van der Waals surface area contributed by atoms with E-state index in [2.05, 4.69) is 61.6 Å². The Morgan fingerprint density at radius 3 is 2.77 bits per heavy atom. The largest absolute Gasteiger partial charge is 0.493 e. The van der Waals surface area contributed by atoms with Crippen LogP contribution in [0.2, 0.25) is 0 Å². The van der Waals surface area contributed by atoms with Crippen molar-refractivity contribution in [3.05, 3.63) is 53.6 Å². The predicted molar refractivity (Wildman–Crippen MR) is 112 cm³/mol. The van der Waals surface area contributed by atoms with E-state index in [9.17, 15) is 0 Å². The molecule has 0 radical (unpaired) electrons. The molecule has 2 aromatic rings. The molecule has 2 aromatic carbocycles. The van der Waals surface area contributed by atoms with Crippen molar-refractivity contribution in [2.24, 2.45) is 5.92 Å². The lowest BCUT2D eigenvalue weighted by Crippen LogP contribution is -2.17. The summed E-state index contributed by atoms with van der Waals surface area (Å²) in [5.74, 6) is 1.70. The van der Waals surface area contributed by atoms with Crippen LogP contribution in [0.1, 0.15) is 57.9 Å². The molecule has 0 aromatic heterocycles. The van der Waals surface area contributed by atoms with Gasteiger partial charge in [0.15, 0.2) is 0 Å². The molecule has 0 saturated heterocycles. The van der Waals surface area contributed by atoms with E-state index in [0.29, 0.717) is 5.92 Å². The zero-order valence-electron chi connectivity index (χ0n) is 16.4. The molecule has 0 atom stereocenters. The van der Waals surface area contributed by atoms with Crippen molar-refractivity contribution in [2.45, 2.75) is 58.9 Å². The highest BCUT2D eigenvalue weighted by Gasteiger charge is 2.10. The maximum absolute atomic E-state index is 6.15. The third kappa shape index (κ3) is 5.35. The minimum absolute atomic E-state index is 0.667. The van der Waals surface area contributed by atoms with Crippen LogP contribution in [0.3, 0.4) is 0 Å². The fourth-order valence-electron chi connectivity index (χ4n) is 3.63. The first-order valence-corrected chi connectivity index (χ1v) is 10.3. The van der Waals surface area contributed by atoms with Crippen molar-refractivity contribution in [3.63, 3.8) is 0 Å². The number of fused-ring (bicyclic) bond motifs is 1. The average molecular weight is 352 g/mol. The van der Waals surface area contributed by atoms with E-state index in [1.807, 2.05) is 0 Å². The molecule has 0 amide bonds. The molecule has 0 aliphatic heterocycles. The van der Waals surface area contributed by atoms with Gasteiger partial charge in [0, 0.05) is 12.1 Å². The van der Waals surface area contributed by atoms with Gasteiger partial charge in [0.25, 0.3) is 0 Å². The normalized spacial score (nSPS) is 14.7. The smallest absolute Gasteiger partial charge is 0.124 e. The van der Waals surface area contributed by atoms with Gasteiger partial charge < -0.3 is 10.1 Å². The Balaban J connectivity index is 1.66. The van der Waals surface area contributed by atoms with Gasteiger partial charge in [0.05, 0.1) is 6.61 Å². The maximum Gasteiger partial charge on any atom is 0.124 e. The number of hydrogen-bond donors (Lipinski definition) is 1. The Bertz CT molecular complexity index is 732. The summed E-state index contributed by atoms with van der Waals surface area (Å²) in [5.41, 5.74) is 2.93. The van der Waals surface area contributed by atoms with E-state index < -0.39 is 0 Å². The number of nitrogens with one attached hydrogen (secondary N) is 1. The Hall–Kier alpha value is -1.80. The summed E-state index contributed by atoms with van der Waals surface area (Å²) >= 11 is 0. The van der Waals surface area contributed by atoms with Gasteiger partial charge in [-0.2, -0.15) is 0 Å². The second-order valence-electron chi connectivity index (χ2n) is 7.83. The minimum Gasteiger partial charge on any atom is -0.493 e. The van der Waals surface area contributed by atoms with Crippen molar-refractivity contribution in [2.75, 3.05) is 13.2 Å². The minimum atomic E-state index is 0.667. The summed E-state index contributed by atoms with van der Waals surface area (Å²) in [4.78, 5) is 0. The first-order valence-electron chi connectivity index (χ1n) is 10.3. The van der Waals surface area contributed by atoms with Crippen molar-refractivity contribution in [3.8, 4) is 5.75 Å². The third-order valence-electron chi connectivity index (χ3n) is 5.26. The number of benzene rings is 2. The molecular formula is C24H33NO. The van der Waals surface area contributed by atoms with Crippen LogP contribution < -0.4 is 10.1 Å². The molecule has 2 nitrogen and oxygen atoms in total. The van der Waals surface area contributed by atoms with Gasteiger partial charge in [-0.1, -0.05) is 55.8 Å². The van der Waals surface area contributed by atoms with Crippen LogP contribution in [0.4, 0.5) is 0 Å². The highest BCUT2D eigenvalue weighted by atomic mass is 16.5. The first kappa shape index (κ1) is 19.0.